The molecule has 0 atom stereocenters. The molecule has 136 valence electrons. The van der Waals surface area contributed by atoms with Gasteiger partial charge in [0, 0.05) is 17.2 Å². The van der Waals surface area contributed by atoms with Gasteiger partial charge in [0.1, 0.15) is 12.4 Å². The van der Waals surface area contributed by atoms with Gasteiger partial charge in [-0.15, -0.1) is 0 Å². The summed E-state index contributed by atoms with van der Waals surface area (Å²) in [5, 5.41) is 11.0. The van der Waals surface area contributed by atoms with Crippen molar-refractivity contribution in [1.29, 1.82) is 0 Å². The Labute approximate surface area is 157 Å². The van der Waals surface area contributed by atoms with Gasteiger partial charge in [-0.3, -0.25) is 9.89 Å². The lowest BCUT2D eigenvalue weighted by atomic mass is 10.2. The van der Waals surface area contributed by atoms with Crippen molar-refractivity contribution in [2.45, 2.75) is 25.4 Å². The van der Waals surface area contributed by atoms with Gasteiger partial charge in [0.25, 0.3) is 5.91 Å². The largest absolute Gasteiger partial charge is 0.488 e. The lowest BCUT2D eigenvalue weighted by molar-refractivity contribution is 0.0950. The second-order valence-corrected chi connectivity index (χ2v) is 6.49. The zero-order chi connectivity index (χ0) is 18.5. The lowest BCUT2D eigenvalue weighted by Gasteiger charge is -2.08. The van der Waals surface area contributed by atoms with Crippen LogP contribution in [0.4, 0.5) is 0 Å². The van der Waals surface area contributed by atoms with E-state index in [0.717, 1.165) is 29.7 Å². The van der Waals surface area contributed by atoms with Gasteiger partial charge >= 0.3 is 0 Å². The molecule has 1 aliphatic carbocycles. The summed E-state index contributed by atoms with van der Waals surface area (Å²) >= 11 is 0. The van der Waals surface area contributed by atoms with Crippen LogP contribution in [0.5, 0.6) is 5.75 Å². The normalized spacial score (nSPS) is 13.6. The molecule has 1 fully saturated rings. The number of carbonyl (C=O) groups excluding carboxylic acids is 1. The third kappa shape index (κ3) is 4.41. The summed E-state index contributed by atoms with van der Waals surface area (Å²) in [4.78, 5) is 12.1. The van der Waals surface area contributed by atoms with E-state index in [4.69, 9.17) is 4.74 Å². The molecule has 0 unspecified atom stereocenters. The van der Waals surface area contributed by atoms with E-state index in [-0.39, 0.29) is 5.91 Å². The number of para-hydroxylation sites is 1. The lowest BCUT2D eigenvalue weighted by Crippen LogP contribution is -2.18. The van der Waals surface area contributed by atoms with E-state index >= 15 is 0 Å². The molecule has 1 saturated carbocycles. The summed E-state index contributed by atoms with van der Waals surface area (Å²) in [5.41, 5.74) is 5.75. The van der Waals surface area contributed by atoms with Crippen molar-refractivity contribution in [3.05, 3.63) is 83.2 Å². The van der Waals surface area contributed by atoms with Crippen LogP contribution in [-0.2, 0) is 6.61 Å². The SMILES string of the molecule is O=C(NN=Cc1ccccc1OCc1ccccc1)c1cc(C2CC2)[nH]n1. The summed E-state index contributed by atoms with van der Waals surface area (Å²) in [6.07, 6.45) is 3.88. The van der Waals surface area contributed by atoms with Gasteiger partial charge in [0.2, 0.25) is 0 Å². The second kappa shape index (κ2) is 7.86. The fourth-order valence-electron chi connectivity index (χ4n) is 2.73. The molecular weight excluding hydrogens is 340 g/mol. The van der Waals surface area contributed by atoms with Crippen molar-refractivity contribution in [2.75, 3.05) is 0 Å². The number of carbonyl (C=O) groups is 1. The Bertz CT molecular complexity index is 946. The molecule has 0 saturated heterocycles. The van der Waals surface area contributed by atoms with Crippen molar-refractivity contribution in [2.24, 2.45) is 5.10 Å². The van der Waals surface area contributed by atoms with Crippen molar-refractivity contribution in [1.82, 2.24) is 15.6 Å². The number of rotatable bonds is 7. The minimum Gasteiger partial charge on any atom is -0.488 e. The van der Waals surface area contributed by atoms with Gasteiger partial charge in [-0.05, 0) is 36.6 Å². The first-order valence-electron chi connectivity index (χ1n) is 8.94. The third-order valence-corrected chi connectivity index (χ3v) is 4.37. The Morgan fingerprint density at radius 3 is 2.78 bits per heavy atom. The van der Waals surface area contributed by atoms with Crippen LogP contribution >= 0.6 is 0 Å². The molecule has 6 nitrogen and oxygen atoms in total. The fourth-order valence-corrected chi connectivity index (χ4v) is 2.73. The van der Waals surface area contributed by atoms with E-state index in [1.807, 2.05) is 54.6 Å². The zero-order valence-electron chi connectivity index (χ0n) is 14.8. The van der Waals surface area contributed by atoms with Crippen LogP contribution in [-0.4, -0.2) is 22.3 Å². The first kappa shape index (κ1) is 17.0. The topological polar surface area (TPSA) is 79.4 Å². The maximum absolute atomic E-state index is 12.1. The first-order valence-corrected chi connectivity index (χ1v) is 8.94. The smallest absolute Gasteiger partial charge is 0.291 e. The van der Waals surface area contributed by atoms with E-state index in [0.29, 0.717) is 24.0 Å². The molecule has 0 spiro atoms. The monoisotopic (exact) mass is 360 g/mol. The summed E-state index contributed by atoms with van der Waals surface area (Å²) in [6.45, 7) is 0.468. The van der Waals surface area contributed by atoms with E-state index in [1.165, 1.54) is 0 Å². The van der Waals surface area contributed by atoms with Crippen LogP contribution < -0.4 is 10.2 Å². The molecule has 3 aromatic rings. The second-order valence-electron chi connectivity index (χ2n) is 6.49. The number of hydrazone groups is 1. The Morgan fingerprint density at radius 1 is 1.19 bits per heavy atom. The molecule has 27 heavy (non-hydrogen) atoms. The molecule has 2 N–H and O–H groups in total. The molecular formula is C21H20N4O2. The third-order valence-electron chi connectivity index (χ3n) is 4.37. The van der Waals surface area contributed by atoms with Gasteiger partial charge in [0.15, 0.2) is 5.69 Å². The van der Waals surface area contributed by atoms with Crippen LogP contribution in [0.15, 0.2) is 65.8 Å². The minimum absolute atomic E-state index is 0.336. The molecule has 0 radical (unpaired) electrons. The Morgan fingerprint density at radius 2 is 1.96 bits per heavy atom. The molecule has 0 bridgehead atoms. The van der Waals surface area contributed by atoms with E-state index in [9.17, 15) is 4.79 Å². The van der Waals surface area contributed by atoms with Crippen molar-refractivity contribution >= 4 is 12.1 Å². The highest BCUT2D eigenvalue weighted by Crippen LogP contribution is 2.38. The van der Waals surface area contributed by atoms with E-state index in [1.54, 1.807) is 12.3 Å². The number of ether oxygens (including phenoxy) is 1. The van der Waals surface area contributed by atoms with Gasteiger partial charge < -0.3 is 4.74 Å². The van der Waals surface area contributed by atoms with Gasteiger partial charge in [-0.2, -0.15) is 10.2 Å². The summed E-state index contributed by atoms with van der Waals surface area (Å²) < 4.78 is 5.88. The average molecular weight is 360 g/mol. The number of hydrogen-bond acceptors (Lipinski definition) is 4. The van der Waals surface area contributed by atoms with Crippen molar-refractivity contribution < 1.29 is 9.53 Å². The Kier molecular flexibility index (Phi) is 4.96. The number of hydrogen-bond donors (Lipinski definition) is 2. The van der Waals surface area contributed by atoms with E-state index < -0.39 is 0 Å². The van der Waals surface area contributed by atoms with Crippen LogP contribution in [0.25, 0.3) is 0 Å². The molecule has 1 aromatic heterocycles. The maximum Gasteiger partial charge on any atom is 0.291 e. The zero-order valence-corrected chi connectivity index (χ0v) is 14.8. The number of nitrogens with zero attached hydrogens (tertiary/aromatic N) is 2. The van der Waals surface area contributed by atoms with Crippen LogP contribution in [0.1, 0.15) is 46.1 Å². The van der Waals surface area contributed by atoms with Crippen LogP contribution in [0.3, 0.4) is 0 Å². The number of aromatic nitrogens is 2. The molecule has 1 amide bonds. The fraction of sp³-hybridized carbons (Fsp3) is 0.190. The standard InChI is InChI=1S/C21H20N4O2/c26-21(19-12-18(23-24-19)16-10-11-16)25-22-13-17-8-4-5-9-20(17)27-14-15-6-2-1-3-7-15/h1-9,12-13,16H,10-11,14H2,(H,23,24)(H,25,26). The van der Waals surface area contributed by atoms with Crippen LogP contribution in [0, 0.1) is 0 Å². The summed E-state index contributed by atoms with van der Waals surface area (Å²) in [5.74, 6) is 0.892. The molecule has 0 aliphatic heterocycles. The van der Waals surface area contributed by atoms with Gasteiger partial charge in [-0.1, -0.05) is 42.5 Å². The molecule has 6 heteroatoms. The highest BCUT2D eigenvalue weighted by Gasteiger charge is 2.26. The summed E-state index contributed by atoms with van der Waals surface area (Å²) in [7, 11) is 0. The van der Waals surface area contributed by atoms with Gasteiger partial charge in [0.05, 0.1) is 6.21 Å². The van der Waals surface area contributed by atoms with Crippen LogP contribution in [0.2, 0.25) is 0 Å². The van der Waals surface area contributed by atoms with Crippen molar-refractivity contribution in [3.63, 3.8) is 0 Å². The molecule has 4 rings (SSSR count). The number of H-pyrrole nitrogens is 1. The highest BCUT2D eigenvalue weighted by atomic mass is 16.5. The predicted molar refractivity (Wildman–Crippen MR) is 103 cm³/mol. The number of nitrogens with one attached hydrogen (secondary N) is 2. The predicted octanol–water partition coefficient (Wildman–Crippen LogP) is 3.63. The Balaban J connectivity index is 1.37. The van der Waals surface area contributed by atoms with Crippen molar-refractivity contribution in [3.8, 4) is 5.75 Å². The van der Waals surface area contributed by atoms with E-state index in [2.05, 4.69) is 20.7 Å². The average Bonchev–Trinajstić information content (AvgIpc) is 3.44. The summed E-state index contributed by atoms with van der Waals surface area (Å²) in [6, 6.07) is 19.3. The number of aromatic amines is 1. The quantitative estimate of drug-likeness (QED) is 0.499. The first-order chi connectivity index (χ1) is 13.3. The molecule has 1 aliphatic rings. The maximum atomic E-state index is 12.1. The Hall–Kier alpha value is -3.41. The number of benzene rings is 2. The molecule has 2 aromatic carbocycles. The highest BCUT2D eigenvalue weighted by molar-refractivity contribution is 5.93. The number of amides is 1. The minimum atomic E-state index is -0.336. The molecule has 1 heterocycles. The van der Waals surface area contributed by atoms with Gasteiger partial charge in [-0.25, -0.2) is 5.43 Å².